The number of nitrogens with zero attached hydrogens (tertiary/aromatic N) is 2. The molecule has 10 heteroatoms. The molecule has 1 N–H and O–H groups in total. The minimum Gasteiger partial charge on any atom is -0.250 e. The Bertz CT molecular complexity index is 1080. The molecular formula is C17H18ClN3O4S2. The van der Waals surface area contributed by atoms with Crippen LogP contribution in [0.3, 0.4) is 0 Å². The summed E-state index contributed by atoms with van der Waals surface area (Å²) in [6, 6.07) is 13.2. The lowest BCUT2D eigenvalue weighted by atomic mass is 10.2. The van der Waals surface area contributed by atoms with E-state index in [1.54, 1.807) is 36.4 Å². The molecule has 0 radical (unpaired) electrons. The van der Waals surface area contributed by atoms with Gasteiger partial charge in [-0.1, -0.05) is 35.9 Å². The van der Waals surface area contributed by atoms with Gasteiger partial charge in [0.2, 0.25) is 10.0 Å². The van der Waals surface area contributed by atoms with E-state index < -0.39 is 20.2 Å². The summed E-state index contributed by atoms with van der Waals surface area (Å²) in [7, 11) is -7.54. The Morgan fingerprint density at radius 2 is 1.67 bits per heavy atom. The molecule has 0 aromatic heterocycles. The molecular weight excluding hydrogens is 410 g/mol. The molecule has 0 saturated heterocycles. The number of hydrogen-bond donors (Lipinski definition) is 1. The van der Waals surface area contributed by atoms with Crippen molar-refractivity contribution in [2.24, 2.45) is 0 Å². The van der Waals surface area contributed by atoms with Gasteiger partial charge >= 0.3 is 10.2 Å². The average molecular weight is 428 g/mol. The first-order chi connectivity index (χ1) is 12.8. The first-order valence-corrected chi connectivity index (χ1v) is 11.7. The second-order valence-electron chi connectivity index (χ2n) is 6.42. The molecule has 4 rings (SSSR count). The first-order valence-electron chi connectivity index (χ1n) is 8.48. The maximum Gasteiger partial charge on any atom is 0.326 e. The number of rotatable bonds is 6. The molecule has 0 unspecified atom stereocenters. The van der Waals surface area contributed by atoms with E-state index in [2.05, 4.69) is 4.72 Å². The second kappa shape index (κ2) is 6.66. The molecule has 1 heterocycles. The van der Waals surface area contributed by atoms with Crippen molar-refractivity contribution in [2.45, 2.75) is 23.8 Å². The Hall–Kier alpha value is -1.81. The Morgan fingerprint density at radius 3 is 2.33 bits per heavy atom. The molecule has 2 aromatic carbocycles. The molecule has 1 saturated carbocycles. The van der Waals surface area contributed by atoms with Crippen LogP contribution in [0.5, 0.6) is 0 Å². The van der Waals surface area contributed by atoms with Gasteiger partial charge in [-0.25, -0.2) is 21.8 Å². The predicted octanol–water partition coefficient (Wildman–Crippen LogP) is 2.35. The van der Waals surface area contributed by atoms with Crippen LogP contribution in [0.2, 0.25) is 5.02 Å². The molecule has 2 aliphatic rings. The van der Waals surface area contributed by atoms with Crippen LogP contribution in [-0.4, -0.2) is 36.0 Å². The summed E-state index contributed by atoms with van der Waals surface area (Å²) in [6.45, 7) is -0.0775. The zero-order chi connectivity index (χ0) is 19.2. The van der Waals surface area contributed by atoms with E-state index in [1.165, 1.54) is 20.7 Å². The lowest BCUT2D eigenvalue weighted by Gasteiger charge is -2.21. The zero-order valence-electron chi connectivity index (χ0n) is 14.2. The SMILES string of the molecule is O=S(=O)(NCCN1c2ccccc2N(C2CC2)S1(=O)=O)c1ccccc1Cl. The summed E-state index contributed by atoms with van der Waals surface area (Å²) in [5.74, 6) is 0. The average Bonchev–Trinajstić information content (AvgIpc) is 3.41. The third kappa shape index (κ3) is 3.29. The van der Waals surface area contributed by atoms with Crippen molar-refractivity contribution < 1.29 is 16.8 Å². The molecule has 0 amide bonds. The van der Waals surface area contributed by atoms with Gasteiger partial charge in [-0.3, -0.25) is 0 Å². The van der Waals surface area contributed by atoms with Crippen LogP contribution in [0.25, 0.3) is 0 Å². The van der Waals surface area contributed by atoms with Crippen LogP contribution < -0.4 is 13.3 Å². The van der Waals surface area contributed by atoms with Gasteiger partial charge in [0.15, 0.2) is 0 Å². The highest BCUT2D eigenvalue weighted by molar-refractivity contribution is 7.94. The van der Waals surface area contributed by atoms with E-state index in [4.69, 9.17) is 11.6 Å². The van der Waals surface area contributed by atoms with Crippen molar-refractivity contribution in [3.8, 4) is 0 Å². The highest BCUT2D eigenvalue weighted by Gasteiger charge is 2.47. The number of para-hydroxylation sites is 2. The van der Waals surface area contributed by atoms with E-state index in [1.807, 2.05) is 0 Å². The fraction of sp³-hybridized carbons (Fsp3) is 0.294. The van der Waals surface area contributed by atoms with Gasteiger partial charge in [0.05, 0.1) is 16.4 Å². The standard InChI is InChI=1S/C17H18ClN3O4S2/c18-14-5-1-4-8-17(14)26(22,23)19-11-12-20-15-6-2-3-7-16(15)21(13-9-10-13)27(20,24)25/h1-8,13,19H,9-12H2. The van der Waals surface area contributed by atoms with E-state index >= 15 is 0 Å². The van der Waals surface area contributed by atoms with Crippen LogP contribution >= 0.6 is 11.6 Å². The Balaban J connectivity index is 1.54. The minimum atomic E-state index is -3.83. The lowest BCUT2D eigenvalue weighted by Crippen LogP contribution is -2.42. The number of sulfonamides is 1. The minimum absolute atomic E-state index is 0.00769. The van der Waals surface area contributed by atoms with Crippen LogP contribution in [0.1, 0.15) is 12.8 Å². The fourth-order valence-corrected chi connectivity index (χ4v) is 6.63. The van der Waals surface area contributed by atoms with Gasteiger partial charge < -0.3 is 0 Å². The summed E-state index contributed by atoms with van der Waals surface area (Å²) >= 11 is 5.96. The van der Waals surface area contributed by atoms with Crippen LogP contribution in [0, 0.1) is 0 Å². The maximum absolute atomic E-state index is 13.0. The highest BCUT2D eigenvalue weighted by Crippen LogP contribution is 2.46. The molecule has 0 atom stereocenters. The van der Waals surface area contributed by atoms with Gasteiger partial charge in [-0.15, -0.1) is 0 Å². The summed E-state index contributed by atoms with van der Waals surface area (Å²) in [5, 5.41) is 0.115. The van der Waals surface area contributed by atoms with Crippen molar-refractivity contribution >= 4 is 43.2 Å². The van der Waals surface area contributed by atoms with Crippen molar-refractivity contribution in [3.05, 3.63) is 53.6 Å². The van der Waals surface area contributed by atoms with Crippen LogP contribution in [-0.2, 0) is 20.2 Å². The van der Waals surface area contributed by atoms with E-state index in [0.29, 0.717) is 11.4 Å². The Labute approximate surface area is 163 Å². The molecule has 1 aliphatic carbocycles. The van der Waals surface area contributed by atoms with Gasteiger partial charge in [-0.05, 0) is 37.1 Å². The predicted molar refractivity (Wildman–Crippen MR) is 105 cm³/mol. The normalized spacial score (nSPS) is 18.6. The van der Waals surface area contributed by atoms with Gasteiger partial charge in [0, 0.05) is 19.1 Å². The van der Waals surface area contributed by atoms with Gasteiger partial charge in [0.25, 0.3) is 0 Å². The Morgan fingerprint density at radius 1 is 1.04 bits per heavy atom. The van der Waals surface area contributed by atoms with Crippen molar-refractivity contribution in [1.82, 2.24) is 4.72 Å². The number of benzene rings is 2. The molecule has 0 spiro atoms. The molecule has 2 aromatic rings. The summed E-state index contributed by atoms with van der Waals surface area (Å²) < 4.78 is 56.0. The molecule has 7 nitrogen and oxygen atoms in total. The molecule has 144 valence electrons. The summed E-state index contributed by atoms with van der Waals surface area (Å²) in [4.78, 5) is -0.0315. The zero-order valence-corrected chi connectivity index (χ0v) is 16.6. The fourth-order valence-electron chi connectivity index (χ4n) is 3.17. The summed E-state index contributed by atoms with van der Waals surface area (Å²) in [5.41, 5.74) is 1.22. The second-order valence-corrected chi connectivity index (χ2v) is 10.3. The third-order valence-electron chi connectivity index (χ3n) is 4.53. The number of fused-ring (bicyclic) bond motifs is 1. The van der Waals surface area contributed by atoms with E-state index in [0.717, 1.165) is 12.8 Å². The summed E-state index contributed by atoms with van der Waals surface area (Å²) in [6.07, 6.45) is 1.67. The number of anilines is 2. The lowest BCUT2D eigenvalue weighted by molar-refractivity contribution is 0.576. The third-order valence-corrected chi connectivity index (χ3v) is 8.42. The molecule has 1 fully saturated rings. The van der Waals surface area contributed by atoms with Crippen molar-refractivity contribution in [2.75, 3.05) is 21.7 Å². The molecule has 1 aliphatic heterocycles. The van der Waals surface area contributed by atoms with Crippen LogP contribution in [0.4, 0.5) is 11.4 Å². The maximum atomic E-state index is 13.0. The number of hydrogen-bond acceptors (Lipinski definition) is 4. The topological polar surface area (TPSA) is 86.8 Å². The van der Waals surface area contributed by atoms with Crippen molar-refractivity contribution in [1.29, 1.82) is 0 Å². The Kier molecular flexibility index (Phi) is 4.58. The van der Waals surface area contributed by atoms with Crippen LogP contribution in [0.15, 0.2) is 53.4 Å². The van der Waals surface area contributed by atoms with E-state index in [9.17, 15) is 16.8 Å². The van der Waals surface area contributed by atoms with E-state index in [-0.39, 0.29) is 29.0 Å². The molecule has 27 heavy (non-hydrogen) atoms. The highest BCUT2D eigenvalue weighted by atomic mass is 35.5. The first kappa shape index (κ1) is 18.5. The number of nitrogens with one attached hydrogen (secondary N) is 1. The van der Waals surface area contributed by atoms with Crippen molar-refractivity contribution in [3.63, 3.8) is 0 Å². The smallest absolute Gasteiger partial charge is 0.250 e. The largest absolute Gasteiger partial charge is 0.326 e. The van der Waals surface area contributed by atoms with Gasteiger partial charge in [-0.2, -0.15) is 8.42 Å². The number of halogens is 1. The van der Waals surface area contributed by atoms with Gasteiger partial charge in [0.1, 0.15) is 4.90 Å². The molecule has 0 bridgehead atoms. The monoisotopic (exact) mass is 427 g/mol. The quantitative estimate of drug-likeness (QED) is 0.766.